The van der Waals surface area contributed by atoms with E-state index in [-0.39, 0.29) is 6.61 Å². The Morgan fingerprint density at radius 3 is 3.00 bits per heavy atom. The summed E-state index contributed by atoms with van der Waals surface area (Å²) >= 11 is 0. The van der Waals surface area contributed by atoms with E-state index in [1.807, 2.05) is 0 Å². The summed E-state index contributed by atoms with van der Waals surface area (Å²) in [5.74, 6) is 1.01. The monoisotopic (exact) mass is 211 g/mol. The van der Waals surface area contributed by atoms with Crippen LogP contribution in [0.3, 0.4) is 0 Å². The van der Waals surface area contributed by atoms with Gasteiger partial charge >= 0.3 is 0 Å². The number of Topliss-reactive ketones (excluding diaryl/α,β-unsaturated/α-hetero) is 1. The maximum absolute atomic E-state index is 11.5. The van der Waals surface area contributed by atoms with E-state index in [4.69, 9.17) is 0 Å². The number of hydrogen-bond donors (Lipinski definition) is 1. The number of aliphatic hydroxyl groups excluding tert-OH is 1. The Bertz CT molecular complexity index is 242. The van der Waals surface area contributed by atoms with E-state index in [9.17, 15) is 9.90 Å². The van der Waals surface area contributed by atoms with E-state index >= 15 is 0 Å². The molecule has 0 spiro atoms. The van der Waals surface area contributed by atoms with E-state index in [0.717, 1.165) is 25.8 Å². The number of carbonyl (C=O) groups excluding carboxylic acids is 1. The molecule has 1 aliphatic heterocycles. The van der Waals surface area contributed by atoms with Gasteiger partial charge in [-0.2, -0.15) is 0 Å². The van der Waals surface area contributed by atoms with E-state index in [1.165, 1.54) is 6.42 Å². The van der Waals surface area contributed by atoms with Gasteiger partial charge in [-0.05, 0) is 31.7 Å². The van der Waals surface area contributed by atoms with Crippen LogP contribution < -0.4 is 0 Å². The molecule has 3 atom stereocenters. The molecule has 0 amide bonds. The molecule has 1 saturated carbocycles. The Balaban J connectivity index is 2.03. The van der Waals surface area contributed by atoms with Gasteiger partial charge in [0.25, 0.3) is 0 Å². The number of hydrogen-bond acceptors (Lipinski definition) is 3. The topological polar surface area (TPSA) is 40.5 Å². The van der Waals surface area contributed by atoms with Crippen LogP contribution in [0, 0.1) is 5.92 Å². The van der Waals surface area contributed by atoms with Gasteiger partial charge in [0.05, 0.1) is 6.61 Å². The molecule has 0 aromatic rings. The van der Waals surface area contributed by atoms with Crippen molar-refractivity contribution in [3.05, 3.63) is 0 Å². The van der Waals surface area contributed by atoms with Crippen LogP contribution in [0.1, 0.15) is 39.0 Å². The van der Waals surface area contributed by atoms with Crippen molar-refractivity contribution in [3.8, 4) is 0 Å². The largest absolute Gasteiger partial charge is 0.395 e. The zero-order valence-corrected chi connectivity index (χ0v) is 9.48. The molecule has 86 valence electrons. The zero-order chi connectivity index (χ0) is 10.8. The first-order valence-corrected chi connectivity index (χ1v) is 6.10. The summed E-state index contributed by atoms with van der Waals surface area (Å²) in [6.07, 6.45) is 4.75. The van der Waals surface area contributed by atoms with Crippen molar-refractivity contribution >= 4 is 5.78 Å². The average molecular weight is 211 g/mol. The highest BCUT2D eigenvalue weighted by Crippen LogP contribution is 2.31. The van der Waals surface area contributed by atoms with Crippen LogP contribution >= 0.6 is 0 Å². The third-order valence-electron chi connectivity index (χ3n) is 4.03. The molecule has 3 heteroatoms. The third-order valence-corrected chi connectivity index (χ3v) is 4.03. The number of likely N-dealkylation sites (tertiary alicyclic amines) is 1. The summed E-state index contributed by atoms with van der Waals surface area (Å²) in [5, 5.41) is 9.29. The lowest BCUT2D eigenvalue weighted by Gasteiger charge is -2.38. The van der Waals surface area contributed by atoms with Gasteiger partial charge in [0.2, 0.25) is 0 Å². The second-order valence-corrected chi connectivity index (χ2v) is 5.04. The Morgan fingerprint density at radius 1 is 1.47 bits per heavy atom. The SMILES string of the molecule is CC1CCC(=O)CC1N1CCC[C@@H]1CO. The molecule has 2 unspecified atom stereocenters. The molecule has 15 heavy (non-hydrogen) atoms. The van der Waals surface area contributed by atoms with Crippen molar-refractivity contribution in [2.45, 2.75) is 51.1 Å². The van der Waals surface area contributed by atoms with Crippen molar-refractivity contribution in [1.82, 2.24) is 4.90 Å². The van der Waals surface area contributed by atoms with Crippen LogP contribution in [0.2, 0.25) is 0 Å². The molecule has 0 radical (unpaired) electrons. The minimum Gasteiger partial charge on any atom is -0.395 e. The second kappa shape index (κ2) is 4.62. The highest BCUT2D eigenvalue weighted by Gasteiger charge is 2.36. The molecule has 1 aliphatic carbocycles. The van der Waals surface area contributed by atoms with E-state index in [0.29, 0.717) is 30.2 Å². The Hall–Kier alpha value is -0.410. The maximum Gasteiger partial charge on any atom is 0.134 e. The van der Waals surface area contributed by atoms with Gasteiger partial charge in [-0.25, -0.2) is 0 Å². The molecule has 0 bridgehead atoms. The molecule has 3 nitrogen and oxygen atoms in total. The van der Waals surface area contributed by atoms with Crippen LogP contribution in [0.15, 0.2) is 0 Å². The summed E-state index contributed by atoms with van der Waals surface area (Å²) in [4.78, 5) is 13.9. The predicted octanol–water partition coefficient (Wildman–Crippen LogP) is 1.20. The zero-order valence-electron chi connectivity index (χ0n) is 9.48. The third kappa shape index (κ3) is 2.23. The normalized spacial score (nSPS) is 38.5. The highest BCUT2D eigenvalue weighted by atomic mass is 16.3. The lowest BCUT2D eigenvalue weighted by Crippen LogP contribution is -2.47. The smallest absolute Gasteiger partial charge is 0.134 e. The summed E-state index contributed by atoms with van der Waals surface area (Å²) in [6.45, 7) is 3.55. The minimum absolute atomic E-state index is 0.247. The minimum atomic E-state index is 0.247. The van der Waals surface area contributed by atoms with Crippen molar-refractivity contribution in [2.75, 3.05) is 13.2 Å². The quantitative estimate of drug-likeness (QED) is 0.746. The van der Waals surface area contributed by atoms with Crippen molar-refractivity contribution < 1.29 is 9.90 Å². The van der Waals surface area contributed by atoms with Crippen LogP contribution in [0.5, 0.6) is 0 Å². The number of nitrogens with zero attached hydrogens (tertiary/aromatic N) is 1. The summed E-state index contributed by atoms with van der Waals surface area (Å²) in [6, 6.07) is 0.703. The van der Waals surface area contributed by atoms with E-state index < -0.39 is 0 Å². The predicted molar refractivity (Wildman–Crippen MR) is 58.6 cm³/mol. The van der Waals surface area contributed by atoms with Crippen LogP contribution in [-0.2, 0) is 4.79 Å². The van der Waals surface area contributed by atoms with Gasteiger partial charge < -0.3 is 5.11 Å². The lowest BCUT2D eigenvalue weighted by atomic mass is 9.84. The van der Waals surface area contributed by atoms with Gasteiger partial charge in [-0.1, -0.05) is 6.92 Å². The van der Waals surface area contributed by atoms with Crippen LogP contribution in [0.4, 0.5) is 0 Å². The molecule has 1 N–H and O–H groups in total. The molecular formula is C12H21NO2. The molecule has 1 saturated heterocycles. The van der Waals surface area contributed by atoms with Crippen LogP contribution in [0.25, 0.3) is 0 Å². The summed E-state index contributed by atoms with van der Waals surface area (Å²) in [5.41, 5.74) is 0. The summed E-state index contributed by atoms with van der Waals surface area (Å²) in [7, 11) is 0. The van der Waals surface area contributed by atoms with Gasteiger partial charge in [0, 0.05) is 24.9 Å². The molecule has 2 aliphatic rings. The van der Waals surface area contributed by atoms with Gasteiger partial charge in [-0.15, -0.1) is 0 Å². The molecule has 1 heterocycles. The first kappa shape index (κ1) is 11.1. The molecule has 0 aromatic carbocycles. The fraction of sp³-hybridized carbons (Fsp3) is 0.917. The van der Waals surface area contributed by atoms with E-state index in [2.05, 4.69) is 11.8 Å². The Labute approximate surface area is 91.5 Å². The Morgan fingerprint density at radius 2 is 2.27 bits per heavy atom. The fourth-order valence-electron chi connectivity index (χ4n) is 3.05. The fourth-order valence-corrected chi connectivity index (χ4v) is 3.05. The van der Waals surface area contributed by atoms with E-state index in [1.54, 1.807) is 0 Å². The molecule has 2 rings (SSSR count). The van der Waals surface area contributed by atoms with Crippen LogP contribution in [-0.4, -0.2) is 41.0 Å². The number of carbonyl (C=O) groups is 1. The molecule has 2 fully saturated rings. The summed E-state index contributed by atoms with van der Waals surface area (Å²) < 4.78 is 0. The molecule has 0 aromatic heterocycles. The standard InChI is InChI=1S/C12H21NO2/c1-9-4-5-11(15)7-12(9)13-6-2-3-10(13)8-14/h9-10,12,14H,2-8H2,1H3/t9?,10-,12?/m1/s1. The first-order chi connectivity index (χ1) is 7.22. The Kier molecular flexibility index (Phi) is 3.42. The highest BCUT2D eigenvalue weighted by molar-refractivity contribution is 5.79. The first-order valence-electron chi connectivity index (χ1n) is 6.10. The van der Waals surface area contributed by atoms with Gasteiger partial charge in [0.15, 0.2) is 0 Å². The maximum atomic E-state index is 11.5. The van der Waals surface area contributed by atoms with Gasteiger partial charge in [-0.3, -0.25) is 9.69 Å². The van der Waals surface area contributed by atoms with Crippen molar-refractivity contribution in [1.29, 1.82) is 0 Å². The second-order valence-electron chi connectivity index (χ2n) is 5.04. The number of aliphatic hydroxyl groups is 1. The van der Waals surface area contributed by atoms with Crippen molar-refractivity contribution in [2.24, 2.45) is 5.92 Å². The number of ketones is 1. The average Bonchev–Trinajstić information content (AvgIpc) is 2.69. The van der Waals surface area contributed by atoms with Crippen molar-refractivity contribution in [3.63, 3.8) is 0 Å². The lowest BCUT2D eigenvalue weighted by molar-refractivity contribution is -0.123. The molecular weight excluding hydrogens is 190 g/mol. The number of rotatable bonds is 2. The van der Waals surface area contributed by atoms with Gasteiger partial charge in [0.1, 0.15) is 5.78 Å².